The van der Waals surface area contributed by atoms with Gasteiger partial charge in [-0.2, -0.15) is 5.26 Å². The summed E-state index contributed by atoms with van der Waals surface area (Å²) in [5.74, 6) is -1.17. The predicted molar refractivity (Wildman–Crippen MR) is 89.3 cm³/mol. The average molecular weight is 346 g/mol. The fourth-order valence-electron chi connectivity index (χ4n) is 1.96. The maximum absolute atomic E-state index is 11.6. The fourth-order valence-corrected chi connectivity index (χ4v) is 1.96. The van der Waals surface area contributed by atoms with Gasteiger partial charge in [0, 0.05) is 19.4 Å². The van der Waals surface area contributed by atoms with E-state index in [9.17, 15) is 14.4 Å². The van der Waals surface area contributed by atoms with E-state index < -0.39 is 11.9 Å². The molecule has 0 aliphatic heterocycles. The van der Waals surface area contributed by atoms with Gasteiger partial charge in [-0.05, 0) is 37.5 Å². The van der Waals surface area contributed by atoms with Crippen LogP contribution in [0.2, 0.25) is 0 Å². The van der Waals surface area contributed by atoms with E-state index in [1.54, 1.807) is 31.2 Å². The van der Waals surface area contributed by atoms with Crippen LogP contribution in [0.15, 0.2) is 24.3 Å². The zero-order valence-corrected chi connectivity index (χ0v) is 14.2. The van der Waals surface area contributed by atoms with Gasteiger partial charge in [0.15, 0.2) is 6.61 Å². The summed E-state index contributed by atoms with van der Waals surface area (Å²) in [6.07, 6.45) is 1.34. The maximum Gasteiger partial charge on any atom is 0.306 e. The highest BCUT2D eigenvalue weighted by atomic mass is 16.5. The minimum atomic E-state index is -0.467. The second-order valence-corrected chi connectivity index (χ2v) is 5.23. The molecule has 0 fully saturated rings. The summed E-state index contributed by atoms with van der Waals surface area (Å²) in [6.45, 7) is 2.05. The number of benzene rings is 1. The van der Waals surface area contributed by atoms with Gasteiger partial charge in [-0.25, -0.2) is 0 Å². The number of esters is 2. The molecule has 0 aromatic heterocycles. The fraction of sp³-hybridized carbons (Fsp3) is 0.444. The quantitative estimate of drug-likeness (QED) is 0.508. The monoisotopic (exact) mass is 346 g/mol. The molecule has 0 aliphatic rings. The van der Waals surface area contributed by atoms with Gasteiger partial charge in [0.2, 0.25) is 0 Å². The van der Waals surface area contributed by atoms with Crippen LogP contribution in [0.3, 0.4) is 0 Å². The zero-order chi connectivity index (χ0) is 18.5. The molecule has 1 rings (SSSR count). The molecule has 0 spiro atoms. The van der Waals surface area contributed by atoms with Gasteiger partial charge in [0.1, 0.15) is 0 Å². The summed E-state index contributed by atoms with van der Waals surface area (Å²) in [5.41, 5.74) is 1.48. The summed E-state index contributed by atoms with van der Waals surface area (Å²) in [6, 6.07) is 8.95. The second-order valence-electron chi connectivity index (χ2n) is 5.23. The number of rotatable bonds is 10. The van der Waals surface area contributed by atoms with Crippen molar-refractivity contribution in [2.75, 3.05) is 19.8 Å². The first kappa shape index (κ1) is 20.2. The smallest absolute Gasteiger partial charge is 0.306 e. The van der Waals surface area contributed by atoms with Crippen molar-refractivity contribution in [1.29, 1.82) is 5.26 Å². The molecular formula is C18H22N2O5. The van der Waals surface area contributed by atoms with E-state index in [0.29, 0.717) is 31.6 Å². The first-order valence-electron chi connectivity index (χ1n) is 8.12. The summed E-state index contributed by atoms with van der Waals surface area (Å²) in [4.78, 5) is 34.3. The van der Waals surface area contributed by atoms with E-state index in [0.717, 1.165) is 5.56 Å². The Hall–Kier alpha value is -2.88. The van der Waals surface area contributed by atoms with E-state index in [2.05, 4.69) is 5.32 Å². The Morgan fingerprint density at radius 3 is 2.40 bits per heavy atom. The number of nitriles is 1. The first-order valence-corrected chi connectivity index (χ1v) is 8.12. The lowest BCUT2D eigenvalue weighted by atomic mass is 10.1. The molecule has 1 aromatic carbocycles. The molecule has 0 atom stereocenters. The number of amides is 1. The highest BCUT2D eigenvalue weighted by Gasteiger charge is 2.08. The lowest BCUT2D eigenvalue weighted by Crippen LogP contribution is -2.30. The number of carbonyl (C=O) groups excluding carboxylic acids is 3. The molecule has 0 bridgehead atoms. The molecule has 0 aliphatic carbocycles. The van der Waals surface area contributed by atoms with Gasteiger partial charge in [-0.3, -0.25) is 14.4 Å². The molecule has 0 unspecified atom stereocenters. The van der Waals surface area contributed by atoms with E-state index in [-0.39, 0.29) is 25.4 Å². The van der Waals surface area contributed by atoms with Crippen LogP contribution in [0.25, 0.3) is 0 Å². The molecule has 134 valence electrons. The molecule has 7 nitrogen and oxygen atoms in total. The largest absolute Gasteiger partial charge is 0.466 e. The minimum Gasteiger partial charge on any atom is -0.466 e. The van der Waals surface area contributed by atoms with Crippen LogP contribution >= 0.6 is 0 Å². The van der Waals surface area contributed by atoms with E-state index in [1.807, 2.05) is 6.07 Å². The topological polar surface area (TPSA) is 105 Å². The van der Waals surface area contributed by atoms with Crippen molar-refractivity contribution >= 4 is 17.8 Å². The van der Waals surface area contributed by atoms with Crippen LogP contribution in [-0.2, 0) is 30.3 Å². The third kappa shape index (κ3) is 9.11. The van der Waals surface area contributed by atoms with Gasteiger partial charge < -0.3 is 14.8 Å². The van der Waals surface area contributed by atoms with Crippen molar-refractivity contribution in [3.8, 4) is 6.07 Å². The maximum atomic E-state index is 11.6. The second kappa shape index (κ2) is 11.6. The van der Waals surface area contributed by atoms with Crippen molar-refractivity contribution < 1.29 is 23.9 Å². The van der Waals surface area contributed by atoms with E-state index in [4.69, 9.17) is 14.7 Å². The highest BCUT2D eigenvalue weighted by Crippen LogP contribution is 2.06. The lowest BCUT2D eigenvalue weighted by Gasteiger charge is -2.07. The van der Waals surface area contributed by atoms with Crippen molar-refractivity contribution in [2.24, 2.45) is 0 Å². The Balaban J connectivity index is 2.13. The van der Waals surface area contributed by atoms with E-state index in [1.165, 1.54) is 0 Å². The Labute approximate surface area is 146 Å². The number of aryl methyl sites for hydroxylation is 1. The van der Waals surface area contributed by atoms with Crippen LogP contribution in [0.5, 0.6) is 0 Å². The summed E-state index contributed by atoms with van der Waals surface area (Å²) in [5, 5.41) is 11.3. The lowest BCUT2D eigenvalue weighted by molar-refractivity contribution is -0.148. The number of nitrogens with zero attached hydrogens (tertiary/aromatic N) is 1. The summed E-state index contributed by atoms with van der Waals surface area (Å²) >= 11 is 0. The number of ether oxygens (including phenoxy) is 2. The van der Waals surface area contributed by atoms with Crippen molar-refractivity contribution in [2.45, 2.75) is 32.6 Å². The van der Waals surface area contributed by atoms with Gasteiger partial charge >= 0.3 is 11.9 Å². The van der Waals surface area contributed by atoms with Crippen LogP contribution in [-0.4, -0.2) is 37.6 Å². The molecule has 0 radical (unpaired) electrons. The van der Waals surface area contributed by atoms with Gasteiger partial charge in [0.05, 0.1) is 18.2 Å². The molecular weight excluding hydrogens is 324 g/mol. The van der Waals surface area contributed by atoms with Crippen molar-refractivity contribution in [3.63, 3.8) is 0 Å². The normalized spacial score (nSPS) is 9.76. The van der Waals surface area contributed by atoms with Crippen LogP contribution in [0, 0.1) is 11.3 Å². The number of carbonyl (C=O) groups is 3. The Morgan fingerprint density at radius 2 is 1.76 bits per heavy atom. The Bertz CT molecular complexity index is 619. The molecule has 7 heteroatoms. The number of hydrogen-bond donors (Lipinski definition) is 1. The third-order valence-electron chi connectivity index (χ3n) is 3.25. The predicted octanol–water partition coefficient (Wildman–Crippen LogP) is 1.49. The van der Waals surface area contributed by atoms with E-state index >= 15 is 0 Å². The Kier molecular flexibility index (Phi) is 9.38. The van der Waals surface area contributed by atoms with Gasteiger partial charge in [-0.15, -0.1) is 0 Å². The minimum absolute atomic E-state index is 0.155. The molecule has 0 saturated heterocycles. The highest BCUT2D eigenvalue weighted by molar-refractivity contribution is 5.80. The zero-order valence-electron chi connectivity index (χ0n) is 14.2. The number of nitrogens with one attached hydrogen (secondary N) is 1. The molecule has 1 N–H and O–H groups in total. The summed E-state index contributed by atoms with van der Waals surface area (Å²) < 4.78 is 9.66. The molecule has 25 heavy (non-hydrogen) atoms. The molecule has 1 amide bonds. The first-order chi connectivity index (χ1) is 12.0. The van der Waals surface area contributed by atoms with Gasteiger partial charge in [-0.1, -0.05) is 12.1 Å². The molecule has 1 aromatic rings. The molecule has 0 heterocycles. The van der Waals surface area contributed by atoms with Crippen LogP contribution in [0.1, 0.15) is 37.3 Å². The standard InChI is InChI=1S/C18H22N2O5/c1-2-24-17(22)4-3-11-20-16(21)13-25-18(23)10-9-14-5-7-15(12-19)8-6-14/h5-8H,2-4,9-11,13H2,1H3,(H,20,21). The number of hydrogen-bond acceptors (Lipinski definition) is 6. The van der Waals surface area contributed by atoms with Crippen molar-refractivity contribution in [1.82, 2.24) is 5.32 Å². The SMILES string of the molecule is CCOC(=O)CCCNC(=O)COC(=O)CCc1ccc(C#N)cc1. The molecule has 0 saturated carbocycles. The van der Waals surface area contributed by atoms with Gasteiger partial charge in [0.25, 0.3) is 5.91 Å². The van der Waals surface area contributed by atoms with Crippen LogP contribution in [0.4, 0.5) is 0 Å². The van der Waals surface area contributed by atoms with Crippen molar-refractivity contribution in [3.05, 3.63) is 35.4 Å². The van der Waals surface area contributed by atoms with Crippen LogP contribution < -0.4 is 5.32 Å². The third-order valence-corrected chi connectivity index (χ3v) is 3.25. The summed E-state index contributed by atoms with van der Waals surface area (Å²) in [7, 11) is 0. The Morgan fingerprint density at radius 1 is 1.08 bits per heavy atom. The average Bonchev–Trinajstić information content (AvgIpc) is 2.62.